The summed E-state index contributed by atoms with van der Waals surface area (Å²) >= 11 is 0. The highest BCUT2D eigenvalue weighted by molar-refractivity contribution is 6.01. The van der Waals surface area contributed by atoms with E-state index in [2.05, 4.69) is 26.3 Å². The first-order valence-corrected chi connectivity index (χ1v) is 14.5. The van der Waals surface area contributed by atoms with E-state index in [1.807, 2.05) is 39.1 Å². The maximum atomic E-state index is 12.7. The van der Waals surface area contributed by atoms with Gasteiger partial charge in [0.15, 0.2) is 5.78 Å². The van der Waals surface area contributed by atoms with Crippen LogP contribution in [0.1, 0.15) is 73.9 Å². The number of rotatable bonds is 9. The number of nitrogens with one attached hydrogen (secondary N) is 2. The maximum absolute atomic E-state index is 12.7. The van der Waals surface area contributed by atoms with Crippen molar-refractivity contribution in [3.8, 4) is 0 Å². The number of amides is 2. The largest absolute Gasteiger partial charge is 0.444 e. The Morgan fingerprint density at radius 2 is 1.85 bits per heavy atom. The average Bonchev–Trinajstić information content (AvgIpc) is 3.30. The highest BCUT2D eigenvalue weighted by atomic mass is 16.6. The normalized spacial score (nSPS) is 16.4. The number of fused-ring (bicyclic) bond motifs is 1. The number of ketones is 1. The third-order valence-electron chi connectivity index (χ3n) is 7.66. The Kier molecular flexibility index (Phi) is 8.68. The number of benzene rings is 1. The molecule has 218 valence electrons. The fourth-order valence-electron chi connectivity index (χ4n) is 5.20. The number of ether oxygens (including phenoxy) is 1. The first-order chi connectivity index (χ1) is 19.6. The van der Waals surface area contributed by atoms with Gasteiger partial charge in [-0.05, 0) is 75.4 Å². The molecular weight excluding hydrogens is 520 g/mol. The Labute approximate surface area is 240 Å². The minimum atomic E-state index is -0.491. The summed E-state index contributed by atoms with van der Waals surface area (Å²) in [4.78, 5) is 53.8. The van der Waals surface area contributed by atoms with Crippen molar-refractivity contribution in [3.63, 3.8) is 0 Å². The van der Waals surface area contributed by atoms with Gasteiger partial charge in [0.05, 0.1) is 17.6 Å². The number of nitrogens with zero attached hydrogens (tertiary/aromatic N) is 4. The summed E-state index contributed by atoms with van der Waals surface area (Å²) in [6.07, 6.45) is 6.02. The van der Waals surface area contributed by atoms with Gasteiger partial charge in [-0.3, -0.25) is 19.5 Å². The number of carbonyl (C=O) groups excluding carboxylic acids is 3. The third-order valence-corrected chi connectivity index (χ3v) is 7.66. The molecule has 41 heavy (non-hydrogen) atoms. The number of hydrogen-bond acceptors (Lipinski definition) is 7. The zero-order chi connectivity index (χ0) is 29.0. The lowest BCUT2D eigenvalue weighted by Gasteiger charge is -2.35. The van der Waals surface area contributed by atoms with Gasteiger partial charge in [0.2, 0.25) is 5.91 Å². The van der Waals surface area contributed by atoms with Crippen LogP contribution >= 0.6 is 0 Å². The van der Waals surface area contributed by atoms with E-state index < -0.39 is 5.60 Å². The summed E-state index contributed by atoms with van der Waals surface area (Å²) < 4.78 is 5.50. The van der Waals surface area contributed by atoms with E-state index in [1.165, 1.54) is 6.42 Å². The number of aromatic nitrogens is 3. The topological polar surface area (TPSA) is 121 Å². The summed E-state index contributed by atoms with van der Waals surface area (Å²) in [5.41, 5.74) is 3.68. The minimum absolute atomic E-state index is 0.00478. The molecule has 2 N–H and O–H groups in total. The molecule has 1 aliphatic carbocycles. The first kappa shape index (κ1) is 28.7. The molecule has 10 heteroatoms. The molecule has 0 spiro atoms. The van der Waals surface area contributed by atoms with Gasteiger partial charge in [-0.2, -0.15) is 0 Å². The lowest BCUT2D eigenvalue weighted by Crippen LogP contribution is -2.49. The molecule has 1 aliphatic heterocycles. The Hall–Kier alpha value is -3.79. The summed E-state index contributed by atoms with van der Waals surface area (Å²) in [5, 5.41) is 2.77. The highest BCUT2D eigenvalue weighted by Crippen LogP contribution is 2.29. The number of hydrogen-bond donors (Lipinski definition) is 2. The van der Waals surface area contributed by atoms with E-state index in [1.54, 1.807) is 17.0 Å². The number of carbonyl (C=O) groups is 3. The molecule has 5 rings (SSSR count). The molecule has 3 heterocycles. The molecule has 2 aliphatic rings. The zero-order valence-corrected chi connectivity index (χ0v) is 24.2. The number of pyridine rings is 1. The van der Waals surface area contributed by atoms with Gasteiger partial charge >= 0.3 is 6.09 Å². The Morgan fingerprint density at radius 3 is 2.56 bits per heavy atom. The number of aromatic amines is 1. The number of Topliss-reactive ketones (excluding diaryl/α,β-unsaturated/α-hetero) is 1. The number of H-pyrrole nitrogens is 1. The van der Waals surface area contributed by atoms with Crippen molar-refractivity contribution in [2.24, 2.45) is 5.92 Å². The lowest BCUT2D eigenvalue weighted by atomic mass is 9.83. The van der Waals surface area contributed by atoms with E-state index >= 15 is 0 Å². The lowest BCUT2D eigenvalue weighted by molar-refractivity contribution is -0.122. The van der Waals surface area contributed by atoms with Crippen LogP contribution in [0.25, 0.3) is 11.0 Å². The summed E-state index contributed by atoms with van der Waals surface area (Å²) in [5.74, 6) is 1.08. The van der Waals surface area contributed by atoms with Crippen LogP contribution in [0.3, 0.4) is 0 Å². The minimum Gasteiger partial charge on any atom is -0.444 e. The molecule has 0 atom stereocenters. The molecule has 0 radical (unpaired) electrons. The van der Waals surface area contributed by atoms with Crippen LogP contribution in [-0.4, -0.2) is 80.9 Å². The van der Waals surface area contributed by atoms with Crippen molar-refractivity contribution >= 4 is 28.8 Å². The van der Waals surface area contributed by atoms with Gasteiger partial charge in [0.1, 0.15) is 11.4 Å². The van der Waals surface area contributed by atoms with Gasteiger partial charge < -0.3 is 19.9 Å². The van der Waals surface area contributed by atoms with Gasteiger partial charge in [-0.1, -0.05) is 6.42 Å². The monoisotopic (exact) mass is 560 g/mol. The number of imidazole rings is 1. The Balaban J connectivity index is 1.13. The predicted molar refractivity (Wildman–Crippen MR) is 156 cm³/mol. The highest BCUT2D eigenvalue weighted by Gasteiger charge is 2.26. The first-order valence-electron chi connectivity index (χ1n) is 14.5. The molecule has 2 aromatic heterocycles. The zero-order valence-electron chi connectivity index (χ0n) is 24.2. The fourth-order valence-corrected chi connectivity index (χ4v) is 5.20. The van der Waals surface area contributed by atoms with Gasteiger partial charge in [-0.25, -0.2) is 9.78 Å². The summed E-state index contributed by atoms with van der Waals surface area (Å²) in [6.45, 7) is 9.28. The number of piperazine rings is 1. The van der Waals surface area contributed by atoms with Crippen LogP contribution in [0.4, 0.5) is 4.79 Å². The van der Waals surface area contributed by atoms with Crippen molar-refractivity contribution in [2.75, 3.05) is 32.7 Å². The van der Waals surface area contributed by atoms with Crippen molar-refractivity contribution in [1.29, 1.82) is 0 Å². The molecule has 2 fully saturated rings. The van der Waals surface area contributed by atoms with Crippen LogP contribution in [0, 0.1) is 5.92 Å². The van der Waals surface area contributed by atoms with Crippen molar-refractivity contribution < 1.29 is 19.1 Å². The van der Waals surface area contributed by atoms with Crippen molar-refractivity contribution in [3.05, 3.63) is 59.2 Å². The molecule has 0 bridgehead atoms. The smallest absolute Gasteiger partial charge is 0.410 e. The average molecular weight is 561 g/mol. The molecular formula is C31H40N6O4. The predicted octanol–water partition coefficient (Wildman–Crippen LogP) is 4.09. The third kappa shape index (κ3) is 7.91. The Morgan fingerprint density at radius 1 is 1.07 bits per heavy atom. The van der Waals surface area contributed by atoms with Crippen LogP contribution in [0.15, 0.2) is 36.5 Å². The van der Waals surface area contributed by atoms with Crippen molar-refractivity contribution in [2.45, 2.75) is 65.0 Å². The molecule has 1 aromatic carbocycles. The van der Waals surface area contributed by atoms with E-state index in [0.29, 0.717) is 37.4 Å². The van der Waals surface area contributed by atoms with Gasteiger partial charge in [-0.15, -0.1) is 0 Å². The fraction of sp³-hybridized carbons (Fsp3) is 0.516. The van der Waals surface area contributed by atoms with Crippen LogP contribution in [0.5, 0.6) is 0 Å². The quantitative estimate of drug-likeness (QED) is 0.378. The molecule has 3 aromatic rings. The second-order valence-corrected chi connectivity index (χ2v) is 12.2. The standard InChI is InChI=1S/C31H40N6O4/c1-31(2,3)41-30(40)37-13-11-36(12-14-37)20-22-9-10-32-24(15-22)18-28-34-25-8-7-23(17-26(25)35-28)27(38)19-33-29(39)16-21-5-4-6-21/h7-10,15,17,21H,4-6,11-14,16,18-20H2,1-3H3,(H,33,39)(H,34,35). The van der Waals surface area contributed by atoms with E-state index in [4.69, 9.17) is 9.72 Å². The summed E-state index contributed by atoms with van der Waals surface area (Å²) in [6, 6.07) is 9.50. The molecule has 1 saturated carbocycles. The van der Waals surface area contributed by atoms with Crippen LogP contribution in [0.2, 0.25) is 0 Å². The SMILES string of the molecule is CC(C)(C)OC(=O)N1CCN(Cc2ccnc(Cc3nc4ccc(C(=O)CNC(=O)CC5CCC5)cc4[nH]3)c2)CC1. The van der Waals surface area contributed by atoms with Crippen molar-refractivity contribution in [1.82, 2.24) is 30.1 Å². The molecule has 1 saturated heterocycles. The van der Waals surface area contributed by atoms with Crippen LogP contribution in [-0.2, 0) is 22.5 Å². The maximum Gasteiger partial charge on any atom is 0.410 e. The van der Waals surface area contributed by atoms with E-state index in [0.717, 1.165) is 60.6 Å². The molecule has 2 amide bonds. The Bertz CT molecular complexity index is 1400. The second kappa shape index (κ2) is 12.4. The molecule has 0 unspecified atom stereocenters. The van der Waals surface area contributed by atoms with Gasteiger partial charge in [0.25, 0.3) is 0 Å². The van der Waals surface area contributed by atoms with Crippen LogP contribution < -0.4 is 5.32 Å². The van der Waals surface area contributed by atoms with E-state index in [9.17, 15) is 14.4 Å². The van der Waals surface area contributed by atoms with E-state index in [-0.39, 0.29) is 24.3 Å². The van der Waals surface area contributed by atoms with Gasteiger partial charge in [0, 0.05) is 63.0 Å². The second-order valence-electron chi connectivity index (χ2n) is 12.2. The molecule has 10 nitrogen and oxygen atoms in total. The summed E-state index contributed by atoms with van der Waals surface area (Å²) in [7, 11) is 0.